The quantitative estimate of drug-likeness (QED) is 0.496. The molecule has 0 amide bonds. The molecule has 2 aromatic heterocycles. The third-order valence-corrected chi connectivity index (χ3v) is 3.27. The third kappa shape index (κ3) is 2.97. The monoisotopic (exact) mass is 313 g/mol. The Balaban J connectivity index is 2.46. The molecule has 0 radical (unpaired) electrons. The first-order valence-corrected chi connectivity index (χ1v) is 6.30. The van der Waals surface area contributed by atoms with Gasteiger partial charge in [0.15, 0.2) is 0 Å². The Hall–Kier alpha value is -1.92. The predicted molar refractivity (Wildman–Crippen MR) is 75.5 cm³/mol. The summed E-state index contributed by atoms with van der Waals surface area (Å²) in [6.07, 6.45) is 1.20. The van der Waals surface area contributed by atoms with Gasteiger partial charge in [0.1, 0.15) is 10.3 Å². The van der Waals surface area contributed by atoms with Gasteiger partial charge in [0, 0.05) is 17.2 Å². The fraction of sp³-hybridized carbons (Fsp3) is 0.167. The summed E-state index contributed by atoms with van der Waals surface area (Å²) in [6, 6.07) is 4.38. The Morgan fingerprint density at radius 1 is 1.40 bits per heavy atom. The molecular formula is C12H9Cl2N3O3. The van der Waals surface area contributed by atoms with E-state index in [0.29, 0.717) is 11.1 Å². The van der Waals surface area contributed by atoms with Gasteiger partial charge in [-0.05, 0) is 13.0 Å². The predicted octanol–water partition coefficient (Wildman–Crippen LogP) is 2.82. The van der Waals surface area contributed by atoms with Crippen LogP contribution < -0.4 is 5.56 Å². The SMILES string of the molecule is Cc1cc(=O)n(Cc2ccc(Cl)nc2Cl)cc1[N+](=O)[O-]. The lowest BCUT2D eigenvalue weighted by Gasteiger charge is -2.08. The Kier molecular flexibility index (Phi) is 4.06. The maximum Gasteiger partial charge on any atom is 0.288 e. The molecule has 0 fully saturated rings. The molecule has 2 aromatic rings. The van der Waals surface area contributed by atoms with E-state index in [1.54, 1.807) is 6.07 Å². The zero-order chi connectivity index (χ0) is 14.9. The van der Waals surface area contributed by atoms with Crippen LogP contribution in [0.4, 0.5) is 5.69 Å². The molecule has 0 aromatic carbocycles. The van der Waals surface area contributed by atoms with Crippen LogP contribution in [-0.4, -0.2) is 14.5 Å². The number of halogens is 2. The average molecular weight is 314 g/mol. The number of hydrogen-bond donors (Lipinski definition) is 0. The van der Waals surface area contributed by atoms with Crippen molar-refractivity contribution < 1.29 is 4.92 Å². The first kappa shape index (κ1) is 14.5. The van der Waals surface area contributed by atoms with E-state index in [4.69, 9.17) is 23.2 Å². The molecule has 0 aliphatic heterocycles. The van der Waals surface area contributed by atoms with Gasteiger partial charge in [-0.2, -0.15) is 0 Å². The van der Waals surface area contributed by atoms with E-state index >= 15 is 0 Å². The molecule has 104 valence electrons. The number of rotatable bonds is 3. The van der Waals surface area contributed by atoms with Crippen molar-refractivity contribution in [3.05, 3.63) is 66.3 Å². The van der Waals surface area contributed by atoms with Gasteiger partial charge in [0.05, 0.1) is 17.7 Å². The smallest absolute Gasteiger partial charge is 0.288 e. The number of hydrogen-bond acceptors (Lipinski definition) is 4. The third-order valence-electron chi connectivity index (χ3n) is 2.73. The zero-order valence-corrected chi connectivity index (χ0v) is 11.9. The van der Waals surface area contributed by atoms with Crippen LogP contribution in [0, 0.1) is 17.0 Å². The van der Waals surface area contributed by atoms with E-state index in [2.05, 4.69) is 4.98 Å². The van der Waals surface area contributed by atoms with Gasteiger partial charge in [0.2, 0.25) is 0 Å². The molecule has 0 unspecified atom stereocenters. The lowest BCUT2D eigenvalue weighted by Crippen LogP contribution is -2.20. The van der Waals surface area contributed by atoms with Crippen LogP contribution in [0.1, 0.15) is 11.1 Å². The van der Waals surface area contributed by atoms with Crippen molar-refractivity contribution in [2.75, 3.05) is 0 Å². The minimum Gasteiger partial charge on any atom is -0.304 e. The fourth-order valence-electron chi connectivity index (χ4n) is 1.71. The second-order valence-corrected chi connectivity index (χ2v) is 4.89. The van der Waals surface area contributed by atoms with Crippen molar-refractivity contribution in [3.63, 3.8) is 0 Å². The largest absolute Gasteiger partial charge is 0.304 e. The van der Waals surface area contributed by atoms with Crippen molar-refractivity contribution >= 4 is 28.9 Å². The molecule has 2 rings (SSSR count). The number of pyridine rings is 2. The van der Waals surface area contributed by atoms with Gasteiger partial charge in [-0.25, -0.2) is 4.98 Å². The van der Waals surface area contributed by atoms with Crippen LogP contribution in [0.25, 0.3) is 0 Å². The Morgan fingerprint density at radius 2 is 2.10 bits per heavy atom. The summed E-state index contributed by atoms with van der Waals surface area (Å²) in [5, 5.41) is 11.3. The summed E-state index contributed by atoms with van der Waals surface area (Å²) in [5.74, 6) is 0. The molecule has 0 atom stereocenters. The highest BCUT2D eigenvalue weighted by Gasteiger charge is 2.14. The molecule has 0 spiro atoms. The van der Waals surface area contributed by atoms with E-state index < -0.39 is 4.92 Å². The molecule has 2 heterocycles. The Bertz CT molecular complexity index is 743. The highest BCUT2D eigenvalue weighted by molar-refractivity contribution is 6.32. The summed E-state index contributed by atoms with van der Waals surface area (Å²) in [7, 11) is 0. The standard InChI is InChI=1S/C12H9Cl2N3O3/c1-7-4-11(18)16(6-9(7)17(19)20)5-8-2-3-10(13)15-12(8)14/h2-4,6H,5H2,1H3. The number of nitrogens with zero attached hydrogens (tertiary/aromatic N) is 3. The van der Waals surface area contributed by atoms with E-state index in [0.717, 1.165) is 0 Å². The fourth-order valence-corrected chi connectivity index (χ4v) is 2.12. The molecule has 0 bridgehead atoms. The summed E-state index contributed by atoms with van der Waals surface area (Å²) in [5.41, 5.74) is 0.398. The van der Waals surface area contributed by atoms with Crippen LogP contribution in [-0.2, 0) is 6.54 Å². The average Bonchev–Trinajstić information content (AvgIpc) is 2.35. The van der Waals surface area contributed by atoms with Crippen LogP contribution >= 0.6 is 23.2 Å². The summed E-state index contributed by atoms with van der Waals surface area (Å²) in [6.45, 7) is 1.60. The second-order valence-electron chi connectivity index (χ2n) is 4.15. The molecule has 0 N–H and O–H groups in total. The topological polar surface area (TPSA) is 78.0 Å². The number of aryl methyl sites for hydroxylation is 1. The van der Waals surface area contributed by atoms with E-state index in [9.17, 15) is 14.9 Å². The first-order valence-electron chi connectivity index (χ1n) is 5.55. The van der Waals surface area contributed by atoms with Crippen molar-refractivity contribution in [1.82, 2.24) is 9.55 Å². The lowest BCUT2D eigenvalue weighted by atomic mass is 10.2. The van der Waals surface area contributed by atoms with Crippen LogP contribution in [0.5, 0.6) is 0 Å². The van der Waals surface area contributed by atoms with Gasteiger partial charge in [0.25, 0.3) is 11.2 Å². The van der Waals surface area contributed by atoms with Crippen molar-refractivity contribution in [3.8, 4) is 0 Å². The van der Waals surface area contributed by atoms with Crippen LogP contribution in [0.15, 0.2) is 29.2 Å². The number of aromatic nitrogens is 2. The van der Waals surface area contributed by atoms with Crippen molar-refractivity contribution in [2.24, 2.45) is 0 Å². The zero-order valence-electron chi connectivity index (χ0n) is 10.3. The summed E-state index contributed by atoms with van der Waals surface area (Å²) >= 11 is 11.6. The lowest BCUT2D eigenvalue weighted by molar-refractivity contribution is -0.385. The van der Waals surface area contributed by atoms with E-state index in [-0.39, 0.29) is 28.1 Å². The van der Waals surface area contributed by atoms with Gasteiger partial charge >= 0.3 is 0 Å². The van der Waals surface area contributed by atoms with Gasteiger partial charge < -0.3 is 4.57 Å². The molecular weight excluding hydrogens is 305 g/mol. The van der Waals surface area contributed by atoms with Gasteiger partial charge in [-0.1, -0.05) is 29.3 Å². The minimum atomic E-state index is -0.535. The normalized spacial score (nSPS) is 10.6. The summed E-state index contributed by atoms with van der Waals surface area (Å²) < 4.78 is 1.21. The first-order chi connectivity index (χ1) is 9.38. The maximum absolute atomic E-state index is 11.8. The van der Waals surface area contributed by atoms with Crippen LogP contribution in [0.3, 0.4) is 0 Å². The molecule has 0 saturated heterocycles. The Morgan fingerprint density at radius 3 is 2.70 bits per heavy atom. The molecule has 0 saturated carbocycles. The molecule has 0 aliphatic rings. The van der Waals surface area contributed by atoms with Crippen molar-refractivity contribution in [2.45, 2.75) is 13.5 Å². The van der Waals surface area contributed by atoms with E-state index in [1.165, 1.54) is 29.8 Å². The summed E-state index contributed by atoms with van der Waals surface area (Å²) in [4.78, 5) is 26.1. The minimum absolute atomic E-state index is 0.0863. The molecule has 0 aliphatic carbocycles. The molecule has 20 heavy (non-hydrogen) atoms. The van der Waals surface area contributed by atoms with Crippen molar-refractivity contribution in [1.29, 1.82) is 0 Å². The van der Waals surface area contributed by atoms with Crippen LogP contribution in [0.2, 0.25) is 10.3 Å². The van der Waals surface area contributed by atoms with E-state index in [1.807, 2.05) is 0 Å². The number of nitro groups is 1. The Labute approximate surface area is 123 Å². The van der Waals surface area contributed by atoms with Gasteiger partial charge in [-0.15, -0.1) is 0 Å². The molecule has 8 heteroatoms. The second kappa shape index (κ2) is 5.60. The van der Waals surface area contributed by atoms with Gasteiger partial charge in [-0.3, -0.25) is 14.9 Å². The molecule has 6 nitrogen and oxygen atoms in total. The maximum atomic E-state index is 11.8. The highest BCUT2D eigenvalue weighted by Crippen LogP contribution is 2.19. The highest BCUT2D eigenvalue weighted by atomic mass is 35.5.